The number of nitrogens with zero attached hydrogens (tertiary/aromatic N) is 2. The van der Waals surface area contributed by atoms with Gasteiger partial charge in [0.2, 0.25) is 0 Å². The van der Waals surface area contributed by atoms with E-state index in [0.717, 1.165) is 17.9 Å². The molecule has 6 aliphatic rings. The summed E-state index contributed by atoms with van der Waals surface area (Å²) in [5, 5.41) is 5.12. The van der Waals surface area contributed by atoms with Gasteiger partial charge in [0.15, 0.2) is 0 Å². The van der Waals surface area contributed by atoms with Crippen molar-refractivity contribution in [1.82, 2.24) is 0 Å². The highest BCUT2D eigenvalue weighted by Crippen LogP contribution is 2.72. The van der Waals surface area contributed by atoms with Crippen molar-refractivity contribution < 1.29 is 4.74 Å². The summed E-state index contributed by atoms with van der Waals surface area (Å²) in [5.41, 5.74) is 13.7. The van der Waals surface area contributed by atoms with E-state index in [0.29, 0.717) is 0 Å². The molecule has 0 bridgehead atoms. The first-order valence-corrected chi connectivity index (χ1v) is 25.4. The summed E-state index contributed by atoms with van der Waals surface area (Å²) >= 11 is 0. The number of hydrogen-bond acceptors (Lipinski definition) is 3. The second kappa shape index (κ2) is 14.4. The van der Waals surface area contributed by atoms with E-state index in [1.54, 1.807) is 9.80 Å². The monoisotopic (exact) mass is 860 g/mol. The minimum Gasteiger partial charge on any atom is -0.481 e. The van der Waals surface area contributed by atoms with Crippen LogP contribution in [0.4, 0.5) is 22.7 Å². The Kier molecular flexibility index (Phi) is 8.56. The molecule has 1 saturated heterocycles. The summed E-state index contributed by atoms with van der Waals surface area (Å²) in [5.74, 6) is 3.54. The Labute approximate surface area is 384 Å². The lowest BCUT2D eigenvalue weighted by molar-refractivity contribution is 0.170. The van der Waals surface area contributed by atoms with E-state index in [9.17, 15) is 0 Å². The van der Waals surface area contributed by atoms with Crippen LogP contribution in [-0.2, 0) is 5.41 Å². The highest BCUT2D eigenvalue weighted by Gasteiger charge is 2.46. The van der Waals surface area contributed by atoms with Crippen LogP contribution in [-0.4, -0.2) is 23.1 Å². The van der Waals surface area contributed by atoms with E-state index in [2.05, 4.69) is 225 Å². The van der Waals surface area contributed by atoms with E-state index < -0.39 is 10.0 Å². The van der Waals surface area contributed by atoms with Crippen LogP contribution < -0.4 is 14.5 Å². The molecule has 1 fully saturated rings. The normalized spacial score (nSPS) is 22.1. The first-order chi connectivity index (χ1) is 31.8. The highest BCUT2D eigenvalue weighted by molar-refractivity contribution is 8.37. The van der Waals surface area contributed by atoms with E-state index in [1.807, 2.05) is 0 Å². The van der Waals surface area contributed by atoms with E-state index in [-0.39, 0.29) is 17.1 Å². The van der Waals surface area contributed by atoms with Gasteiger partial charge in [-0.2, -0.15) is 10.0 Å². The molecule has 4 heteroatoms. The molecule has 0 aromatic heterocycles. The van der Waals surface area contributed by atoms with Crippen molar-refractivity contribution in [2.24, 2.45) is 0 Å². The van der Waals surface area contributed by atoms with Crippen LogP contribution in [0.2, 0.25) is 0 Å². The maximum atomic E-state index is 6.55. The van der Waals surface area contributed by atoms with Gasteiger partial charge in [0.25, 0.3) is 0 Å². The number of anilines is 4. The summed E-state index contributed by atoms with van der Waals surface area (Å²) in [7, 11) is -1.02. The van der Waals surface area contributed by atoms with Crippen LogP contribution in [0.1, 0.15) is 62.3 Å². The largest absolute Gasteiger partial charge is 0.481 e. The summed E-state index contributed by atoms with van der Waals surface area (Å²) in [4.78, 5) is 8.23. The molecule has 65 heavy (non-hydrogen) atoms. The molecule has 3 heterocycles. The van der Waals surface area contributed by atoms with Crippen molar-refractivity contribution in [3.63, 3.8) is 0 Å². The van der Waals surface area contributed by atoms with Gasteiger partial charge in [-0.05, 0) is 153 Å². The minimum atomic E-state index is -1.02. The molecule has 7 aromatic rings. The number of ether oxygens (including phenoxy) is 1. The zero-order chi connectivity index (χ0) is 43.5. The number of fused-ring (bicyclic) bond motifs is 11. The molecule has 3 aliphatic carbocycles. The lowest BCUT2D eigenvalue weighted by atomic mass is 9.81. The Hall–Kier alpha value is -6.75. The van der Waals surface area contributed by atoms with E-state index in [1.165, 1.54) is 102 Å². The number of hydrogen-bond donors (Lipinski definition) is 0. The Morgan fingerprint density at radius 3 is 2.17 bits per heavy atom. The van der Waals surface area contributed by atoms with Crippen molar-refractivity contribution in [2.45, 2.75) is 62.0 Å². The third kappa shape index (κ3) is 5.76. The van der Waals surface area contributed by atoms with Crippen LogP contribution in [0.5, 0.6) is 5.75 Å². The Bertz CT molecular complexity index is 3360. The van der Waals surface area contributed by atoms with Gasteiger partial charge < -0.3 is 14.5 Å². The molecule has 0 N–H and O–H groups in total. The molecule has 0 amide bonds. The van der Waals surface area contributed by atoms with Crippen LogP contribution in [0.15, 0.2) is 198 Å². The molecule has 3 aliphatic heterocycles. The average molecular weight is 861 g/mol. The molecule has 2 unspecified atom stereocenters. The summed E-state index contributed by atoms with van der Waals surface area (Å²) < 4.78 is 6.55. The van der Waals surface area contributed by atoms with Gasteiger partial charge in [-0.15, -0.1) is 0 Å². The lowest BCUT2D eigenvalue weighted by Gasteiger charge is -2.50. The van der Waals surface area contributed by atoms with Crippen molar-refractivity contribution in [3.05, 3.63) is 215 Å². The SMILES string of the molecule is CC1(C)c2cc(C=Cc3ccc4c(ccc5cc(N6C7=C(C=CC=CC7)S7(CCCC7)c7ccccc76)ccc54)c3)ccc2-c2ccc(N3c4ccccc4OC4C=CC=CC43C)cc21. The molecule has 2 atom stereocenters. The van der Waals surface area contributed by atoms with Gasteiger partial charge in [-0.3, -0.25) is 0 Å². The first kappa shape index (κ1) is 38.7. The van der Waals surface area contributed by atoms with Crippen molar-refractivity contribution in [2.75, 3.05) is 21.3 Å². The van der Waals surface area contributed by atoms with Gasteiger partial charge in [0.05, 0.1) is 11.4 Å². The molecule has 1 spiro atoms. The van der Waals surface area contributed by atoms with Crippen LogP contribution in [0.3, 0.4) is 0 Å². The van der Waals surface area contributed by atoms with Crippen molar-refractivity contribution >= 4 is 66.5 Å². The molecular weight excluding hydrogens is 809 g/mol. The number of para-hydroxylation sites is 3. The summed E-state index contributed by atoms with van der Waals surface area (Å²) in [6.07, 6.45) is 26.1. The molecular formula is C61H52N2OS. The fourth-order valence-electron chi connectivity index (χ4n) is 12.0. The maximum Gasteiger partial charge on any atom is 0.144 e. The average Bonchev–Trinajstić information content (AvgIpc) is 3.80. The maximum absolute atomic E-state index is 6.55. The third-order valence-electron chi connectivity index (χ3n) is 15.3. The van der Waals surface area contributed by atoms with Crippen molar-refractivity contribution in [3.8, 4) is 16.9 Å². The number of allylic oxidation sites excluding steroid dienone is 6. The summed E-state index contributed by atoms with van der Waals surface area (Å²) in [6, 6.07) is 50.5. The smallest absolute Gasteiger partial charge is 0.144 e. The van der Waals surface area contributed by atoms with Gasteiger partial charge >= 0.3 is 0 Å². The Morgan fingerprint density at radius 2 is 1.32 bits per heavy atom. The van der Waals surface area contributed by atoms with Gasteiger partial charge in [0, 0.05) is 38.7 Å². The third-order valence-corrected chi connectivity index (χ3v) is 19.7. The zero-order valence-electron chi connectivity index (χ0n) is 37.3. The highest BCUT2D eigenvalue weighted by atomic mass is 32.3. The number of benzene rings is 7. The quantitative estimate of drug-likeness (QED) is 0.130. The van der Waals surface area contributed by atoms with Crippen molar-refractivity contribution in [1.29, 1.82) is 0 Å². The second-order valence-electron chi connectivity index (χ2n) is 19.4. The molecule has 318 valence electrons. The fraction of sp³-hybridized carbons (Fsp3) is 0.180. The second-order valence-corrected chi connectivity index (χ2v) is 22.8. The summed E-state index contributed by atoms with van der Waals surface area (Å²) in [6.45, 7) is 7.04. The minimum absolute atomic E-state index is 0.0805. The van der Waals surface area contributed by atoms with Crippen LogP contribution in [0, 0.1) is 0 Å². The van der Waals surface area contributed by atoms with Gasteiger partial charge in [0.1, 0.15) is 17.4 Å². The van der Waals surface area contributed by atoms with Gasteiger partial charge in [-0.25, -0.2) is 0 Å². The molecule has 0 saturated carbocycles. The van der Waals surface area contributed by atoms with Crippen LogP contribution in [0.25, 0.3) is 44.8 Å². The topological polar surface area (TPSA) is 15.7 Å². The molecule has 13 rings (SSSR count). The Morgan fingerprint density at radius 1 is 0.631 bits per heavy atom. The zero-order valence-corrected chi connectivity index (χ0v) is 38.1. The molecule has 0 radical (unpaired) electrons. The predicted molar refractivity (Wildman–Crippen MR) is 277 cm³/mol. The lowest BCUT2D eigenvalue weighted by Crippen LogP contribution is -2.56. The van der Waals surface area contributed by atoms with Gasteiger partial charge in [-0.1, -0.05) is 141 Å². The molecule has 7 aromatic carbocycles. The van der Waals surface area contributed by atoms with Crippen LogP contribution >= 0.6 is 10.0 Å². The standard InChI is InChI=1S/C61H52N2OS/c1-60(2)51-38-42(25-31-49(51)50-33-29-46(40-52(50)60)63-53-15-7-9-18-56(53)64-59-21-11-12-34-61(59,63)3)23-22-41-24-30-47-43(37-41)26-27-44-39-45(28-32-48(44)47)62-54-16-5-4-6-19-57(54)65(35-13-14-36-65)58-20-10-8-17-55(58)62/h4-12,15,17-34,37-40,59H,13-14,16,35-36H2,1-3H3. The number of rotatable bonds is 4. The first-order valence-electron chi connectivity index (χ1n) is 23.4. The Balaban J connectivity index is 0.799. The fourth-order valence-corrected chi connectivity index (χ4v) is 16.6. The van der Waals surface area contributed by atoms with E-state index in [4.69, 9.17) is 4.74 Å². The van der Waals surface area contributed by atoms with E-state index >= 15 is 0 Å². The predicted octanol–water partition coefficient (Wildman–Crippen LogP) is 16.1. The molecule has 3 nitrogen and oxygen atoms in total.